The summed E-state index contributed by atoms with van der Waals surface area (Å²) in [5.41, 5.74) is 2.70. The number of aliphatic hydroxyl groups is 1. The average molecular weight is 440 g/mol. The molecular formula is C20H20N6O4S. The molecular weight excluding hydrogens is 420 g/mol. The molecule has 0 aliphatic rings. The SMILES string of the molecule is COc1cncc(-c2ccc3nc(NC(=O)NCCc4noc(C(C)O)n4)sc3c2)c1. The number of carbonyl (C=O) groups is 1. The van der Waals surface area contributed by atoms with Crippen LogP contribution in [0.3, 0.4) is 0 Å². The maximum Gasteiger partial charge on any atom is 0.321 e. The second-order valence-electron chi connectivity index (χ2n) is 6.67. The summed E-state index contributed by atoms with van der Waals surface area (Å²) in [6.07, 6.45) is 2.98. The van der Waals surface area contributed by atoms with Crippen LogP contribution >= 0.6 is 11.3 Å². The first-order valence-electron chi connectivity index (χ1n) is 9.47. The highest BCUT2D eigenvalue weighted by Crippen LogP contribution is 2.31. The Morgan fingerprint density at radius 3 is 2.90 bits per heavy atom. The standard InChI is InChI=1S/C20H20N6O4S/c1-11(27)18-24-17(26-30-18)5-6-22-19(28)25-20-23-15-4-3-12(8-16(15)31-20)13-7-14(29-2)10-21-9-13/h3-4,7-11,27H,5-6H2,1-2H3,(H2,22,23,25,28). The number of ether oxygens (including phenoxy) is 1. The fourth-order valence-corrected chi connectivity index (χ4v) is 3.71. The van der Waals surface area contributed by atoms with Crippen LogP contribution in [0.4, 0.5) is 9.93 Å². The van der Waals surface area contributed by atoms with E-state index in [-0.39, 0.29) is 11.9 Å². The van der Waals surface area contributed by atoms with Crippen LogP contribution in [0.2, 0.25) is 0 Å². The van der Waals surface area contributed by atoms with Gasteiger partial charge in [-0.2, -0.15) is 4.98 Å². The first-order chi connectivity index (χ1) is 15.0. The summed E-state index contributed by atoms with van der Waals surface area (Å²) in [4.78, 5) is 24.8. The third-order valence-corrected chi connectivity index (χ3v) is 5.30. The van der Waals surface area contributed by atoms with Crippen molar-refractivity contribution in [1.29, 1.82) is 0 Å². The van der Waals surface area contributed by atoms with Crippen LogP contribution in [0.5, 0.6) is 5.75 Å². The average Bonchev–Trinajstić information content (AvgIpc) is 3.40. The minimum atomic E-state index is -0.822. The predicted octanol–water partition coefficient (Wildman–Crippen LogP) is 3.17. The molecule has 4 rings (SSSR count). The second kappa shape index (κ2) is 9.06. The summed E-state index contributed by atoms with van der Waals surface area (Å²) in [5, 5.41) is 19.1. The van der Waals surface area contributed by atoms with Gasteiger partial charge in [-0.1, -0.05) is 22.6 Å². The fourth-order valence-electron chi connectivity index (χ4n) is 2.81. The van der Waals surface area contributed by atoms with Gasteiger partial charge in [-0.3, -0.25) is 10.3 Å². The highest BCUT2D eigenvalue weighted by atomic mass is 32.1. The van der Waals surface area contributed by atoms with Crippen molar-refractivity contribution in [2.75, 3.05) is 19.0 Å². The summed E-state index contributed by atoms with van der Waals surface area (Å²) in [7, 11) is 1.60. The topological polar surface area (TPSA) is 135 Å². The zero-order valence-corrected chi connectivity index (χ0v) is 17.6. The highest BCUT2D eigenvalue weighted by Gasteiger charge is 2.12. The van der Waals surface area contributed by atoms with E-state index in [0.717, 1.165) is 21.3 Å². The van der Waals surface area contributed by atoms with E-state index in [9.17, 15) is 9.90 Å². The van der Waals surface area contributed by atoms with Crippen molar-refractivity contribution in [2.24, 2.45) is 0 Å². The number of fused-ring (bicyclic) bond motifs is 1. The monoisotopic (exact) mass is 440 g/mol. The molecule has 0 aliphatic carbocycles. The number of nitrogens with zero attached hydrogens (tertiary/aromatic N) is 4. The molecule has 0 fully saturated rings. The summed E-state index contributed by atoms with van der Waals surface area (Å²) in [5.74, 6) is 1.25. The summed E-state index contributed by atoms with van der Waals surface area (Å²) in [6, 6.07) is 7.39. The smallest absolute Gasteiger partial charge is 0.321 e. The van der Waals surface area contributed by atoms with Crippen LogP contribution in [0.25, 0.3) is 21.3 Å². The fraction of sp³-hybridized carbons (Fsp3) is 0.250. The number of pyridine rings is 1. The summed E-state index contributed by atoms with van der Waals surface area (Å²) in [6.45, 7) is 1.85. The van der Waals surface area contributed by atoms with Crippen molar-refractivity contribution < 1.29 is 19.2 Å². The van der Waals surface area contributed by atoms with Crippen LogP contribution in [0.1, 0.15) is 24.7 Å². The number of benzene rings is 1. The van der Waals surface area contributed by atoms with Gasteiger partial charge in [0.05, 0.1) is 23.5 Å². The molecule has 1 aromatic carbocycles. The van der Waals surface area contributed by atoms with Crippen molar-refractivity contribution in [2.45, 2.75) is 19.4 Å². The molecule has 10 nitrogen and oxygen atoms in total. The molecule has 0 saturated heterocycles. The van der Waals surface area contributed by atoms with Gasteiger partial charge in [-0.15, -0.1) is 0 Å². The number of nitrogens with one attached hydrogen (secondary N) is 2. The molecule has 0 bridgehead atoms. The zero-order chi connectivity index (χ0) is 21.8. The number of hydrogen-bond donors (Lipinski definition) is 3. The summed E-state index contributed by atoms with van der Waals surface area (Å²) < 4.78 is 11.1. The molecule has 160 valence electrons. The van der Waals surface area contributed by atoms with Gasteiger partial charge in [0.2, 0.25) is 0 Å². The van der Waals surface area contributed by atoms with Gasteiger partial charge >= 0.3 is 6.03 Å². The molecule has 31 heavy (non-hydrogen) atoms. The lowest BCUT2D eigenvalue weighted by molar-refractivity contribution is 0.151. The Kier molecular flexibility index (Phi) is 6.05. The Labute approximate surface area is 181 Å². The number of amides is 2. The number of aliphatic hydroxyl groups excluding tert-OH is 1. The van der Waals surface area contributed by atoms with Crippen molar-refractivity contribution in [1.82, 2.24) is 25.4 Å². The molecule has 11 heteroatoms. The number of thiazole rings is 1. The molecule has 2 amide bonds. The number of rotatable bonds is 7. The van der Waals surface area contributed by atoms with Gasteiger partial charge in [0.15, 0.2) is 11.0 Å². The number of methoxy groups -OCH3 is 1. The Morgan fingerprint density at radius 1 is 1.26 bits per heavy atom. The number of anilines is 1. The van der Waals surface area contributed by atoms with Crippen LogP contribution in [0, 0.1) is 0 Å². The first-order valence-corrected chi connectivity index (χ1v) is 10.3. The minimum Gasteiger partial charge on any atom is -0.495 e. The van der Waals surface area contributed by atoms with E-state index in [1.165, 1.54) is 18.3 Å². The number of urea groups is 1. The number of carbonyl (C=O) groups excluding carboxylic acids is 1. The van der Waals surface area contributed by atoms with E-state index in [1.54, 1.807) is 19.5 Å². The third-order valence-electron chi connectivity index (χ3n) is 4.37. The number of aromatic nitrogens is 4. The Bertz CT molecular complexity index is 1210. The molecule has 0 radical (unpaired) electrons. The van der Waals surface area contributed by atoms with Crippen molar-refractivity contribution in [3.63, 3.8) is 0 Å². The first kappa shape index (κ1) is 20.7. The van der Waals surface area contributed by atoms with Gasteiger partial charge in [0.25, 0.3) is 5.89 Å². The Morgan fingerprint density at radius 2 is 2.13 bits per heavy atom. The molecule has 1 unspecified atom stereocenters. The van der Waals surface area contributed by atoms with E-state index >= 15 is 0 Å². The normalized spacial score (nSPS) is 12.0. The van der Waals surface area contributed by atoms with Gasteiger partial charge < -0.3 is 19.7 Å². The van der Waals surface area contributed by atoms with Gasteiger partial charge in [-0.05, 0) is 30.7 Å². The predicted molar refractivity (Wildman–Crippen MR) is 115 cm³/mol. The van der Waals surface area contributed by atoms with Gasteiger partial charge in [-0.25, -0.2) is 9.78 Å². The van der Waals surface area contributed by atoms with E-state index in [0.29, 0.717) is 29.7 Å². The molecule has 0 aliphatic heterocycles. The lowest BCUT2D eigenvalue weighted by Crippen LogP contribution is -2.30. The molecule has 0 saturated carbocycles. The molecule has 3 heterocycles. The Balaban J connectivity index is 1.37. The van der Waals surface area contributed by atoms with E-state index in [1.807, 2.05) is 24.3 Å². The van der Waals surface area contributed by atoms with Gasteiger partial charge in [0.1, 0.15) is 11.9 Å². The van der Waals surface area contributed by atoms with Crippen molar-refractivity contribution in [3.05, 3.63) is 48.4 Å². The molecule has 3 aromatic heterocycles. The van der Waals surface area contributed by atoms with Crippen LogP contribution in [-0.2, 0) is 6.42 Å². The highest BCUT2D eigenvalue weighted by molar-refractivity contribution is 7.22. The van der Waals surface area contributed by atoms with Crippen LogP contribution in [0.15, 0.2) is 41.2 Å². The van der Waals surface area contributed by atoms with Crippen LogP contribution in [-0.4, -0.2) is 44.9 Å². The maximum absolute atomic E-state index is 12.2. The summed E-state index contributed by atoms with van der Waals surface area (Å²) >= 11 is 1.38. The lowest BCUT2D eigenvalue weighted by Gasteiger charge is -2.03. The van der Waals surface area contributed by atoms with Crippen LogP contribution < -0.4 is 15.4 Å². The molecule has 3 N–H and O–H groups in total. The third kappa shape index (κ3) is 4.95. The quantitative estimate of drug-likeness (QED) is 0.399. The van der Waals surface area contributed by atoms with Crippen molar-refractivity contribution in [3.8, 4) is 16.9 Å². The molecule has 4 aromatic rings. The zero-order valence-electron chi connectivity index (χ0n) is 16.8. The van der Waals surface area contributed by atoms with E-state index in [2.05, 4.69) is 30.7 Å². The van der Waals surface area contributed by atoms with E-state index in [4.69, 9.17) is 9.26 Å². The molecule has 1 atom stereocenters. The lowest BCUT2D eigenvalue weighted by atomic mass is 10.1. The van der Waals surface area contributed by atoms with Crippen molar-refractivity contribution >= 4 is 32.7 Å². The number of hydrogen-bond acceptors (Lipinski definition) is 9. The minimum absolute atomic E-state index is 0.151. The molecule has 0 spiro atoms. The maximum atomic E-state index is 12.2. The van der Waals surface area contributed by atoms with Gasteiger partial charge in [0, 0.05) is 24.7 Å². The largest absolute Gasteiger partial charge is 0.495 e. The second-order valence-corrected chi connectivity index (χ2v) is 7.70. The van der Waals surface area contributed by atoms with E-state index < -0.39 is 6.10 Å². The Hall–Kier alpha value is -3.57.